The van der Waals surface area contributed by atoms with E-state index in [9.17, 15) is 28.1 Å². The van der Waals surface area contributed by atoms with Gasteiger partial charge in [-0.2, -0.15) is 17.2 Å². The fraction of sp³-hybridized carbons (Fsp3) is 0.312. The normalized spacial score (nSPS) is 24.3. The number of nitrogen functional groups attached to an aromatic ring is 1. The molecule has 4 rings (SSSR count). The van der Waals surface area contributed by atoms with Crippen LogP contribution in [0.4, 0.5) is 10.2 Å². The molecular formula is C16H15FN7O7S-. The third-order valence-corrected chi connectivity index (χ3v) is 5.39. The SMILES string of the molecule is Nc1ncnc2c1ncn2C1OC(COS(=O)(=O)/N=C(\[O-])c2cccnc2F)[C@@H](O)[C@H]1O. The standard InChI is InChI=1S/C16H16FN7O7S/c17-12-7(2-1-3-19-12)15(27)23-32(28,29)30-4-8-10(25)11(26)16(31-8)24-6-22-9-13(18)20-5-21-14(9)24/h1-3,5-6,8,10-11,16,25-26H,4H2,(H,23,27)(H2,18,20,21)/p-1/t8?,10-,11-,16?/m1/s1. The van der Waals surface area contributed by atoms with Crippen LogP contribution in [0.25, 0.3) is 11.2 Å². The van der Waals surface area contributed by atoms with Crippen molar-refractivity contribution in [3.8, 4) is 0 Å². The van der Waals surface area contributed by atoms with E-state index in [4.69, 9.17) is 10.5 Å². The van der Waals surface area contributed by atoms with Crippen LogP contribution < -0.4 is 10.8 Å². The number of anilines is 1. The molecule has 4 heterocycles. The van der Waals surface area contributed by atoms with Crippen molar-refractivity contribution in [3.63, 3.8) is 0 Å². The molecule has 4 N–H and O–H groups in total. The lowest BCUT2D eigenvalue weighted by Gasteiger charge is -2.16. The number of hydrogen-bond donors (Lipinski definition) is 3. The topological polar surface area (TPSA) is 211 Å². The first-order valence-electron chi connectivity index (χ1n) is 8.90. The number of hydrogen-bond acceptors (Lipinski definition) is 12. The van der Waals surface area contributed by atoms with Crippen LogP contribution >= 0.6 is 0 Å². The van der Waals surface area contributed by atoms with Gasteiger partial charge < -0.3 is 25.8 Å². The number of ether oxygens (including phenoxy) is 1. The van der Waals surface area contributed by atoms with Crippen LogP contribution in [0, 0.1) is 5.95 Å². The molecule has 16 heteroatoms. The number of nitrogens with two attached hydrogens (primary N) is 1. The minimum Gasteiger partial charge on any atom is -0.857 e. The molecule has 0 saturated carbocycles. The zero-order valence-corrected chi connectivity index (χ0v) is 16.7. The van der Waals surface area contributed by atoms with Gasteiger partial charge in [-0.3, -0.25) is 4.57 Å². The number of fused-ring (bicyclic) bond motifs is 1. The van der Waals surface area contributed by atoms with E-state index in [1.54, 1.807) is 0 Å². The van der Waals surface area contributed by atoms with Gasteiger partial charge in [0.25, 0.3) is 0 Å². The van der Waals surface area contributed by atoms with Gasteiger partial charge in [0.1, 0.15) is 30.2 Å². The predicted octanol–water partition coefficient (Wildman–Crippen LogP) is -2.37. The second-order valence-electron chi connectivity index (χ2n) is 6.58. The van der Waals surface area contributed by atoms with E-state index in [2.05, 4.69) is 28.5 Å². The maximum Gasteiger partial charge on any atom is 0.380 e. The molecular weight excluding hydrogens is 453 g/mol. The molecule has 3 aromatic rings. The van der Waals surface area contributed by atoms with E-state index < -0.39 is 58.9 Å². The molecule has 0 amide bonds. The molecule has 3 aromatic heterocycles. The van der Waals surface area contributed by atoms with Gasteiger partial charge in [0, 0.05) is 17.7 Å². The Kier molecular flexibility index (Phi) is 5.70. The van der Waals surface area contributed by atoms with Crippen molar-refractivity contribution in [2.45, 2.75) is 24.5 Å². The van der Waals surface area contributed by atoms with Gasteiger partial charge in [-0.25, -0.2) is 24.1 Å². The lowest BCUT2D eigenvalue weighted by Crippen LogP contribution is -2.34. The lowest BCUT2D eigenvalue weighted by atomic mass is 10.1. The average molecular weight is 468 g/mol. The highest BCUT2D eigenvalue weighted by Gasteiger charge is 2.45. The summed E-state index contributed by atoms with van der Waals surface area (Å²) in [6.45, 7) is -0.798. The smallest absolute Gasteiger partial charge is 0.380 e. The van der Waals surface area contributed by atoms with Gasteiger partial charge in [0.2, 0.25) is 5.95 Å². The molecule has 170 valence electrons. The molecule has 14 nitrogen and oxygen atoms in total. The number of imidazole rings is 1. The number of rotatable bonds is 6. The fourth-order valence-corrected chi connectivity index (χ4v) is 3.69. The summed E-state index contributed by atoms with van der Waals surface area (Å²) < 4.78 is 51.8. The third-order valence-electron chi connectivity index (χ3n) is 4.56. The van der Waals surface area contributed by atoms with Crippen LogP contribution in [-0.4, -0.2) is 74.0 Å². The second kappa shape index (κ2) is 8.32. The number of pyridine rings is 1. The first-order valence-corrected chi connectivity index (χ1v) is 10.3. The van der Waals surface area contributed by atoms with Crippen molar-refractivity contribution in [3.05, 3.63) is 42.5 Å². The summed E-state index contributed by atoms with van der Waals surface area (Å²) in [4.78, 5) is 15.1. The summed E-state index contributed by atoms with van der Waals surface area (Å²) in [6.07, 6.45) is -2.12. The van der Waals surface area contributed by atoms with Gasteiger partial charge >= 0.3 is 10.3 Å². The Morgan fingerprint density at radius 2 is 2.09 bits per heavy atom. The van der Waals surface area contributed by atoms with Crippen LogP contribution in [0.5, 0.6) is 0 Å². The quantitative estimate of drug-likeness (QED) is 0.197. The summed E-state index contributed by atoms with van der Waals surface area (Å²) in [5, 5.41) is 32.5. The summed E-state index contributed by atoms with van der Waals surface area (Å²) in [5.41, 5.74) is 5.49. The zero-order chi connectivity index (χ0) is 23.0. The first-order chi connectivity index (χ1) is 15.2. The van der Waals surface area contributed by atoms with Crippen molar-refractivity contribution in [2.75, 3.05) is 12.3 Å². The van der Waals surface area contributed by atoms with E-state index in [1.165, 1.54) is 23.3 Å². The molecule has 32 heavy (non-hydrogen) atoms. The summed E-state index contributed by atoms with van der Waals surface area (Å²) in [5.74, 6) is -2.54. The van der Waals surface area contributed by atoms with Crippen LogP contribution in [0.3, 0.4) is 0 Å². The van der Waals surface area contributed by atoms with Gasteiger partial charge in [-0.1, -0.05) is 0 Å². The molecule has 0 spiro atoms. The Labute approximate surface area is 179 Å². The highest BCUT2D eigenvalue weighted by molar-refractivity contribution is 7.85. The van der Waals surface area contributed by atoms with E-state index >= 15 is 0 Å². The maximum absolute atomic E-state index is 13.5. The fourth-order valence-electron chi connectivity index (χ4n) is 3.03. The number of nitrogens with zero attached hydrogens (tertiary/aromatic N) is 6. The Bertz CT molecular complexity index is 1280. The average Bonchev–Trinajstić information content (AvgIpc) is 3.29. The summed E-state index contributed by atoms with van der Waals surface area (Å²) in [7, 11) is -4.83. The van der Waals surface area contributed by atoms with Gasteiger partial charge in [-0.05, 0) is 12.1 Å². The molecule has 0 radical (unpaired) electrons. The molecule has 1 fully saturated rings. The van der Waals surface area contributed by atoms with E-state index in [0.29, 0.717) is 0 Å². The molecule has 1 saturated heterocycles. The van der Waals surface area contributed by atoms with Crippen molar-refractivity contribution in [1.82, 2.24) is 24.5 Å². The lowest BCUT2D eigenvalue weighted by molar-refractivity contribution is -0.212. The van der Waals surface area contributed by atoms with Crippen LogP contribution in [-0.2, 0) is 19.2 Å². The third kappa shape index (κ3) is 4.08. The largest absolute Gasteiger partial charge is 0.857 e. The van der Waals surface area contributed by atoms with Crippen molar-refractivity contribution >= 4 is 33.2 Å². The first kappa shape index (κ1) is 21.9. The van der Waals surface area contributed by atoms with Crippen LogP contribution in [0.1, 0.15) is 11.8 Å². The molecule has 1 aliphatic heterocycles. The van der Waals surface area contributed by atoms with Gasteiger partial charge in [0.05, 0.1) is 12.9 Å². The van der Waals surface area contributed by atoms with E-state index in [-0.39, 0.29) is 17.0 Å². The van der Waals surface area contributed by atoms with Crippen molar-refractivity contribution in [2.24, 2.45) is 4.40 Å². The Balaban J connectivity index is 1.48. The predicted molar refractivity (Wildman–Crippen MR) is 101 cm³/mol. The zero-order valence-electron chi connectivity index (χ0n) is 15.9. The van der Waals surface area contributed by atoms with Crippen molar-refractivity contribution in [1.29, 1.82) is 0 Å². The second-order valence-corrected chi connectivity index (χ2v) is 7.85. The van der Waals surface area contributed by atoms with E-state index in [0.717, 1.165) is 12.3 Å². The maximum atomic E-state index is 13.5. The Morgan fingerprint density at radius 1 is 1.31 bits per heavy atom. The Hall–Kier alpha value is -3.31. The molecule has 0 bridgehead atoms. The molecule has 0 aliphatic carbocycles. The van der Waals surface area contributed by atoms with Crippen LogP contribution in [0.2, 0.25) is 0 Å². The number of aliphatic hydroxyl groups excluding tert-OH is 2. The number of aliphatic hydroxyl groups is 2. The van der Waals surface area contributed by atoms with Gasteiger partial charge in [0.15, 0.2) is 17.7 Å². The van der Waals surface area contributed by atoms with Gasteiger partial charge in [-0.15, -0.1) is 0 Å². The van der Waals surface area contributed by atoms with Crippen molar-refractivity contribution < 1.29 is 37.0 Å². The molecule has 4 atom stereocenters. The van der Waals surface area contributed by atoms with Crippen LogP contribution in [0.15, 0.2) is 35.4 Å². The molecule has 1 aliphatic rings. The summed E-state index contributed by atoms with van der Waals surface area (Å²) >= 11 is 0. The molecule has 2 unspecified atom stereocenters. The minimum absolute atomic E-state index is 0.0871. The molecule has 0 aromatic carbocycles. The van der Waals surface area contributed by atoms with E-state index in [1.807, 2.05) is 0 Å². The number of halogens is 1. The Morgan fingerprint density at radius 3 is 2.84 bits per heavy atom. The highest BCUT2D eigenvalue weighted by Crippen LogP contribution is 2.32. The minimum atomic E-state index is -4.83. The number of aromatic nitrogens is 5. The monoisotopic (exact) mass is 468 g/mol. The highest BCUT2D eigenvalue weighted by atomic mass is 32.2. The summed E-state index contributed by atoms with van der Waals surface area (Å²) in [6, 6.07) is 2.22.